The molecule has 0 aromatic heterocycles. The molecule has 0 radical (unpaired) electrons. The summed E-state index contributed by atoms with van der Waals surface area (Å²) in [6.45, 7) is 9.18. The molecule has 0 aliphatic carbocycles. The van der Waals surface area contributed by atoms with Gasteiger partial charge in [-0.15, -0.1) is 0 Å². The Morgan fingerprint density at radius 3 is 1.96 bits per heavy atom. The smallest absolute Gasteiger partial charge is 0.282 e. The highest BCUT2D eigenvalue weighted by molar-refractivity contribution is 5.94. The summed E-state index contributed by atoms with van der Waals surface area (Å²) in [4.78, 5) is 36.1. The van der Waals surface area contributed by atoms with E-state index in [9.17, 15) is 14.4 Å². The predicted molar refractivity (Wildman–Crippen MR) is 98.5 cm³/mol. The highest BCUT2D eigenvalue weighted by Crippen LogP contribution is 2.13. The second-order valence-corrected chi connectivity index (χ2v) is 7.29. The summed E-state index contributed by atoms with van der Waals surface area (Å²) in [5.74, 6) is -0.415. The summed E-state index contributed by atoms with van der Waals surface area (Å²) in [6.07, 6.45) is 0. The SMILES string of the molecule is CC(=O)Nc1ccc(NC(=O)[C@@H](C)[NH+](C)CC(=O)NC(C)(C)C)cc1. The van der Waals surface area contributed by atoms with Gasteiger partial charge in [0.15, 0.2) is 12.6 Å². The second kappa shape index (κ2) is 8.62. The maximum atomic E-state index is 12.3. The Morgan fingerprint density at radius 2 is 1.52 bits per heavy atom. The number of anilines is 2. The van der Waals surface area contributed by atoms with Crippen LogP contribution >= 0.6 is 0 Å². The van der Waals surface area contributed by atoms with Crippen LogP contribution in [0.25, 0.3) is 0 Å². The topological polar surface area (TPSA) is 91.7 Å². The number of hydrogen-bond acceptors (Lipinski definition) is 3. The molecule has 7 nitrogen and oxygen atoms in total. The van der Waals surface area contributed by atoms with Gasteiger partial charge in [-0.2, -0.15) is 0 Å². The molecular formula is C18H29N4O3+. The van der Waals surface area contributed by atoms with Crippen molar-refractivity contribution in [3.8, 4) is 0 Å². The van der Waals surface area contributed by atoms with Crippen LogP contribution in [0.15, 0.2) is 24.3 Å². The fourth-order valence-corrected chi connectivity index (χ4v) is 2.18. The van der Waals surface area contributed by atoms with Gasteiger partial charge in [0.2, 0.25) is 5.91 Å². The first-order valence-corrected chi connectivity index (χ1v) is 8.30. The number of carbonyl (C=O) groups is 3. The van der Waals surface area contributed by atoms with Crippen molar-refractivity contribution in [1.82, 2.24) is 5.32 Å². The fourth-order valence-electron chi connectivity index (χ4n) is 2.18. The molecule has 0 saturated carbocycles. The molecule has 0 aliphatic rings. The number of quaternary nitrogens is 1. The molecule has 0 bridgehead atoms. The van der Waals surface area contributed by atoms with Crippen LogP contribution in [-0.4, -0.2) is 42.9 Å². The van der Waals surface area contributed by atoms with Crippen LogP contribution in [0, 0.1) is 0 Å². The number of likely N-dealkylation sites (N-methyl/N-ethyl adjacent to an activating group) is 1. The van der Waals surface area contributed by atoms with Gasteiger partial charge in [-0.3, -0.25) is 14.4 Å². The Balaban J connectivity index is 2.58. The average Bonchev–Trinajstić information content (AvgIpc) is 2.45. The number of benzene rings is 1. The van der Waals surface area contributed by atoms with E-state index in [1.165, 1.54) is 6.92 Å². The van der Waals surface area contributed by atoms with Gasteiger partial charge in [0.05, 0.1) is 7.05 Å². The fraction of sp³-hybridized carbons (Fsp3) is 0.500. The Morgan fingerprint density at radius 1 is 1.04 bits per heavy atom. The summed E-state index contributed by atoms with van der Waals surface area (Å²) in [5.41, 5.74) is 1.01. The van der Waals surface area contributed by atoms with Crippen molar-refractivity contribution in [3.63, 3.8) is 0 Å². The van der Waals surface area contributed by atoms with E-state index in [4.69, 9.17) is 0 Å². The van der Waals surface area contributed by atoms with E-state index < -0.39 is 0 Å². The van der Waals surface area contributed by atoms with Gasteiger partial charge >= 0.3 is 0 Å². The highest BCUT2D eigenvalue weighted by Gasteiger charge is 2.25. The van der Waals surface area contributed by atoms with Crippen LogP contribution in [-0.2, 0) is 14.4 Å². The van der Waals surface area contributed by atoms with Crippen molar-refractivity contribution in [1.29, 1.82) is 0 Å². The van der Waals surface area contributed by atoms with E-state index >= 15 is 0 Å². The third kappa shape index (κ3) is 7.80. The minimum absolute atomic E-state index is 0.0932. The van der Waals surface area contributed by atoms with Gasteiger partial charge < -0.3 is 20.9 Å². The van der Waals surface area contributed by atoms with Crippen molar-refractivity contribution >= 4 is 29.1 Å². The lowest BCUT2D eigenvalue weighted by atomic mass is 10.1. The molecule has 2 atom stereocenters. The first-order chi connectivity index (χ1) is 11.5. The molecule has 0 spiro atoms. The van der Waals surface area contributed by atoms with Gasteiger partial charge in [-0.25, -0.2) is 0 Å². The number of nitrogens with one attached hydrogen (secondary N) is 4. The summed E-state index contributed by atoms with van der Waals surface area (Å²) in [5, 5.41) is 8.38. The van der Waals surface area contributed by atoms with Gasteiger partial charge in [-0.05, 0) is 52.0 Å². The Labute approximate surface area is 149 Å². The van der Waals surface area contributed by atoms with Gasteiger partial charge in [0.1, 0.15) is 0 Å². The van der Waals surface area contributed by atoms with E-state index in [0.29, 0.717) is 11.4 Å². The maximum Gasteiger partial charge on any atom is 0.282 e. The zero-order valence-corrected chi connectivity index (χ0v) is 15.8. The summed E-state index contributed by atoms with van der Waals surface area (Å²) >= 11 is 0. The van der Waals surface area contributed by atoms with Crippen molar-refractivity contribution in [2.24, 2.45) is 0 Å². The molecule has 0 fully saturated rings. The van der Waals surface area contributed by atoms with E-state index in [-0.39, 0.29) is 35.8 Å². The van der Waals surface area contributed by atoms with Crippen LogP contribution in [0.4, 0.5) is 11.4 Å². The third-order valence-electron chi connectivity index (χ3n) is 3.56. The van der Waals surface area contributed by atoms with Crippen LogP contribution in [0.1, 0.15) is 34.6 Å². The lowest BCUT2D eigenvalue weighted by Gasteiger charge is -2.24. The molecule has 1 rings (SSSR count). The minimum atomic E-state index is -0.388. The Bertz CT molecular complexity index is 620. The number of carbonyl (C=O) groups excluding carboxylic acids is 3. The minimum Gasteiger partial charge on any atom is -0.347 e. The molecule has 7 heteroatoms. The zero-order chi connectivity index (χ0) is 19.2. The van der Waals surface area contributed by atoms with Crippen molar-refractivity contribution in [3.05, 3.63) is 24.3 Å². The average molecular weight is 349 g/mol. The Hall–Kier alpha value is -2.41. The first kappa shape index (κ1) is 20.6. The first-order valence-electron chi connectivity index (χ1n) is 8.30. The normalized spacial score (nSPS) is 13.5. The molecule has 0 heterocycles. The van der Waals surface area contributed by atoms with Crippen LogP contribution in [0.2, 0.25) is 0 Å². The third-order valence-corrected chi connectivity index (χ3v) is 3.56. The maximum absolute atomic E-state index is 12.3. The molecule has 0 aliphatic heterocycles. The largest absolute Gasteiger partial charge is 0.347 e. The van der Waals surface area contributed by atoms with Crippen LogP contribution in [0.3, 0.4) is 0 Å². The van der Waals surface area contributed by atoms with Gasteiger partial charge in [-0.1, -0.05) is 0 Å². The molecule has 3 amide bonds. The highest BCUT2D eigenvalue weighted by atomic mass is 16.2. The lowest BCUT2D eigenvalue weighted by Crippen LogP contribution is -3.15. The van der Waals surface area contributed by atoms with E-state index in [1.807, 2.05) is 27.8 Å². The summed E-state index contributed by atoms with van der Waals surface area (Å²) in [6, 6.07) is 6.49. The Kier molecular flexibility index (Phi) is 7.11. The number of hydrogen-bond donors (Lipinski definition) is 4. The van der Waals surface area contributed by atoms with Crippen molar-refractivity contribution in [2.45, 2.75) is 46.2 Å². The predicted octanol–water partition coefficient (Wildman–Crippen LogP) is 0.401. The number of rotatable bonds is 6. The quantitative estimate of drug-likeness (QED) is 0.599. The molecular weight excluding hydrogens is 320 g/mol. The molecule has 4 N–H and O–H groups in total. The standard InChI is InChI=1S/C18H28N4O3/c1-12(22(6)11-16(24)21-18(3,4)5)17(25)20-15-9-7-14(8-10-15)19-13(2)23/h7-10,12H,11H2,1-6H3,(H,19,23)(H,20,25)(H,21,24)/p+1/t12-/m1/s1. The van der Waals surface area contributed by atoms with E-state index in [0.717, 1.165) is 4.90 Å². The van der Waals surface area contributed by atoms with Crippen molar-refractivity contribution in [2.75, 3.05) is 24.2 Å². The van der Waals surface area contributed by atoms with E-state index in [2.05, 4.69) is 16.0 Å². The van der Waals surface area contributed by atoms with E-state index in [1.54, 1.807) is 31.2 Å². The summed E-state index contributed by atoms with van der Waals surface area (Å²) in [7, 11) is 1.81. The molecule has 1 aromatic rings. The molecule has 1 unspecified atom stereocenters. The second-order valence-electron chi connectivity index (χ2n) is 7.29. The lowest BCUT2D eigenvalue weighted by molar-refractivity contribution is -0.885. The van der Waals surface area contributed by atoms with Crippen LogP contribution < -0.4 is 20.9 Å². The van der Waals surface area contributed by atoms with Gasteiger partial charge in [0, 0.05) is 23.8 Å². The number of amides is 3. The monoisotopic (exact) mass is 349 g/mol. The summed E-state index contributed by atoms with van der Waals surface area (Å²) < 4.78 is 0. The van der Waals surface area contributed by atoms with Crippen LogP contribution in [0.5, 0.6) is 0 Å². The van der Waals surface area contributed by atoms with Crippen molar-refractivity contribution < 1.29 is 19.3 Å². The zero-order valence-electron chi connectivity index (χ0n) is 15.8. The molecule has 1 aromatic carbocycles. The molecule has 25 heavy (non-hydrogen) atoms. The molecule has 138 valence electrons. The van der Waals surface area contributed by atoms with Gasteiger partial charge in [0.25, 0.3) is 11.8 Å². The molecule has 0 saturated heterocycles.